The first-order valence-electron chi connectivity index (χ1n) is 11.2. The third-order valence-electron chi connectivity index (χ3n) is 5.86. The van der Waals surface area contributed by atoms with E-state index in [9.17, 15) is 19.7 Å². The maximum absolute atomic E-state index is 13.7. The van der Waals surface area contributed by atoms with Crippen LogP contribution in [0.5, 0.6) is 0 Å². The predicted molar refractivity (Wildman–Crippen MR) is 160 cm³/mol. The molecule has 3 aromatic rings. The molecule has 0 saturated carbocycles. The number of benzene rings is 3. The van der Waals surface area contributed by atoms with Crippen LogP contribution in [0.15, 0.2) is 95.3 Å². The zero-order chi connectivity index (χ0) is 26.7. The van der Waals surface area contributed by atoms with Crippen molar-refractivity contribution in [2.45, 2.75) is 19.8 Å². The average molecular weight is 720 g/mol. The minimum absolute atomic E-state index is 0.172. The quantitative estimate of drug-likeness (QED) is 0.157. The summed E-state index contributed by atoms with van der Waals surface area (Å²) in [6, 6.07) is 20.8. The molecule has 1 heterocycles. The number of anilines is 2. The first-order valence-corrected chi connectivity index (χ1v) is 13.4. The molecule has 0 bridgehead atoms. The summed E-state index contributed by atoms with van der Waals surface area (Å²) in [6.07, 6.45) is 0. The molecule has 2 amide bonds. The summed E-state index contributed by atoms with van der Waals surface area (Å²) < 4.78 is 1.87. The van der Waals surface area contributed by atoms with Crippen molar-refractivity contribution in [1.29, 1.82) is 0 Å². The molecule has 0 aliphatic carbocycles. The molecule has 0 atom stereocenters. The van der Waals surface area contributed by atoms with Crippen molar-refractivity contribution < 1.29 is 14.5 Å². The van der Waals surface area contributed by atoms with Crippen molar-refractivity contribution in [3.8, 4) is 0 Å². The van der Waals surface area contributed by atoms with Crippen LogP contribution < -0.4 is 16.0 Å². The van der Waals surface area contributed by atoms with Gasteiger partial charge in [-0.2, -0.15) is 0 Å². The Balaban J connectivity index is 1.83. The standard InChI is InChI=1S/C27H22I2N4O4/c1-15-23(26(34)31-19-9-5-7-17(28)13-19)25(21-11-3-4-12-22(21)33(36)37)24(16(2)30-15)27(35)32-20-10-6-8-18(29)14-20/h3-14,25,30H,1-2H3,(H,31,34)(H,32,35). The van der Waals surface area contributed by atoms with Crippen LogP contribution in [0.2, 0.25) is 0 Å². The Hall–Kier alpha value is -3.26. The van der Waals surface area contributed by atoms with Crippen molar-refractivity contribution in [3.63, 3.8) is 0 Å². The molecule has 0 radical (unpaired) electrons. The summed E-state index contributed by atoms with van der Waals surface area (Å²) in [5.74, 6) is -1.89. The van der Waals surface area contributed by atoms with Crippen LogP contribution in [0.4, 0.5) is 17.1 Å². The highest BCUT2D eigenvalue weighted by atomic mass is 127. The normalized spacial score (nSPS) is 13.7. The van der Waals surface area contributed by atoms with Crippen molar-refractivity contribution in [3.05, 3.63) is 118 Å². The highest BCUT2D eigenvalue weighted by molar-refractivity contribution is 14.1. The minimum Gasteiger partial charge on any atom is -0.362 e. The van der Waals surface area contributed by atoms with Gasteiger partial charge in [-0.25, -0.2) is 0 Å². The number of hydrogen-bond donors (Lipinski definition) is 3. The number of amides is 2. The molecule has 1 aliphatic heterocycles. The number of nitrogens with one attached hydrogen (secondary N) is 3. The Morgan fingerprint density at radius 2 is 1.30 bits per heavy atom. The molecule has 0 spiro atoms. The SMILES string of the molecule is CC1=C(C(=O)Nc2cccc(I)c2)C(c2ccccc2[N+](=O)[O-])C(C(=O)Nc2cccc(I)c2)=C(C)N1. The Bertz CT molecular complexity index is 1400. The molecule has 188 valence electrons. The maximum Gasteiger partial charge on any atom is 0.273 e. The summed E-state index contributed by atoms with van der Waals surface area (Å²) in [6.45, 7) is 3.45. The van der Waals surface area contributed by atoms with E-state index in [-0.39, 0.29) is 22.4 Å². The molecule has 0 unspecified atom stereocenters. The number of rotatable bonds is 6. The maximum atomic E-state index is 13.7. The number of para-hydroxylation sites is 1. The van der Waals surface area contributed by atoms with E-state index in [2.05, 4.69) is 61.1 Å². The van der Waals surface area contributed by atoms with Gasteiger partial charge in [-0.05, 0) is 95.4 Å². The predicted octanol–water partition coefficient (Wildman–Crippen LogP) is 6.32. The number of carbonyl (C=O) groups is 2. The second-order valence-corrected chi connectivity index (χ2v) is 10.9. The lowest BCUT2D eigenvalue weighted by Gasteiger charge is -2.31. The number of allylic oxidation sites excluding steroid dienone is 2. The zero-order valence-corrected chi connectivity index (χ0v) is 24.2. The third-order valence-corrected chi connectivity index (χ3v) is 7.20. The number of dihydropyridines is 1. The highest BCUT2D eigenvalue weighted by Gasteiger charge is 2.39. The summed E-state index contributed by atoms with van der Waals surface area (Å²) >= 11 is 4.30. The van der Waals surface area contributed by atoms with Gasteiger partial charge in [-0.1, -0.05) is 30.3 Å². The van der Waals surface area contributed by atoms with Crippen molar-refractivity contribution >= 4 is 74.1 Å². The fourth-order valence-electron chi connectivity index (χ4n) is 4.33. The Kier molecular flexibility index (Phi) is 8.27. The van der Waals surface area contributed by atoms with Crippen LogP contribution in [-0.2, 0) is 9.59 Å². The van der Waals surface area contributed by atoms with Gasteiger partial charge in [0.1, 0.15) is 0 Å². The lowest BCUT2D eigenvalue weighted by molar-refractivity contribution is -0.385. The van der Waals surface area contributed by atoms with Gasteiger partial charge in [0.25, 0.3) is 17.5 Å². The van der Waals surface area contributed by atoms with Gasteiger partial charge in [0.2, 0.25) is 0 Å². The fourth-order valence-corrected chi connectivity index (χ4v) is 5.42. The summed E-state index contributed by atoms with van der Waals surface area (Å²) in [7, 11) is 0. The van der Waals surface area contributed by atoms with E-state index < -0.39 is 22.7 Å². The first kappa shape index (κ1) is 26.8. The second-order valence-electron chi connectivity index (χ2n) is 8.38. The molecule has 1 aliphatic rings. The highest BCUT2D eigenvalue weighted by Crippen LogP contribution is 2.42. The minimum atomic E-state index is -0.978. The van der Waals surface area contributed by atoms with Gasteiger partial charge in [0.15, 0.2) is 0 Å². The monoisotopic (exact) mass is 720 g/mol. The van der Waals surface area contributed by atoms with E-state index in [1.165, 1.54) is 6.07 Å². The van der Waals surface area contributed by atoms with Gasteiger partial charge < -0.3 is 16.0 Å². The summed E-state index contributed by atoms with van der Waals surface area (Å²) in [5.41, 5.74) is 2.72. The molecule has 0 aromatic heterocycles. The molecule has 0 fully saturated rings. The van der Waals surface area contributed by atoms with Gasteiger partial charge in [0.05, 0.1) is 10.8 Å². The number of nitro benzene ring substituents is 1. The van der Waals surface area contributed by atoms with Crippen molar-refractivity contribution in [1.82, 2.24) is 5.32 Å². The molecule has 10 heteroatoms. The molecule has 0 saturated heterocycles. The molecule has 8 nitrogen and oxygen atoms in total. The largest absolute Gasteiger partial charge is 0.362 e. The van der Waals surface area contributed by atoms with Crippen LogP contribution in [-0.4, -0.2) is 16.7 Å². The third kappa shape index (κ3) is 6.01. The average Bonchev–Trinajstić information content (AvgIpc) is 2.83. The van der Waals surface area contributed by atoms with E-state index >= 15 is 0 Å². The Labute approximate surface area is 241 Å². The first-order chi connectivity index (χ1) is 17.7. The van der Waals surface area contributed by atoms with Crippen LogP contribution in [0.3, 0.4) is 0 Å². The fraction of sp³-hybridized carbons (Fsp3) is 0.111. The van der Waals surface area contributed by atoms with Gasteiger partial charge >= 0.3 is 0 Å². The molecule has 4 rings (SSSR count). The second kappa shape index (κ2) is 11.4. The number of nitrogens with zero attached hydrogens (tertiary/aromatic N) is 1. The Morgan fingerprint density at radius 1 is 0.811 bits per heavy atom. The number of halogens is 2. The smallest absolute Gasteiger partial charge is 0.273 e. The van der Waals surface area contributed by atoms with Crippen LogP contribution in [0.1, 0.15) is 25.3 Å². The van der Waals surface area contributed by atoms with E-state index in [4.69, 9.17) is 0 Å². The van der Waals surface area contributed by atoms with E-state index in [1.54, 1.807) is 44.2 Å². The summed E-state index contributed by atoms with van der Waals surface area (Å²) in [4.78, 5) is 38.9. The van der Waals surface area contributed by atoms with Crippen molar-refractivity contribution in [2.75, 3.05) is 10.6 Å². The molecular formula is C27H22I2N4O4. The van der Waals surface area contributed by atoms with E-state index in [0.717, 1.165) is 7.14 Å². The van der Waals surface area contributed by atoms with Crippen molar-refractivity contribution in [2.24, 2.45) is 0 Å². The lowest BCUT2D eigenvalue weighted by atomic mass is 9.79. The molecule has 37 heavy (non-hydrogen) atoms. The number of hydrogen-bond acceptors (Lipinski definition) is 5. The van der Waals surface area contributed by atoms with E-state index in [1.807, 2.05) is 36.4 Å². The van der Waals surface area contributed by atoms with Gasteiger partial charge in [0, 0.05) is 52.7 Å². The molecule has 3 aromatic carbocycles. The zero-order valence-electron chi connectivity index (χ0n) is 19.8. The van der Waals surface area contributed by atoms with Gasteiger partial charge in [-0.15, -0.1) is 0 Å². The topological polar surface area (TPSA) is 113 Å². The van der Waals surface area contributed by atoms with Crippen LogP contribution in [0, 0.1) is 17.3 Å². The number of nitro groups is 1. The molecular weight excluding hydrogens is 698 g/mol. The van der Waals surface area contributed by atoms with Crippen LogP contribution in [0.25, 0.3) is 0 Å². The van der Waals surface area contributed by atoms with E-state index in [0.29, 0.717) is 22.8 Å². The summed E-state index contributed by atoms with van der Waals surface area (Å²) in [5, 5.41) is 20.9. The number of carbonyl (C=O) groups excluding carboxylic acids is 2. The molecule has 3 N–H and O–H groups in total. The lowest BCUT2D eigenvalue weighted by Crippen LogP contribution is -2.35. The van der Waals surface area contributed by atoms with Crippen LogP contribution >= 0.6 is 45.2 Å². The Morgan fingerprint density at radius 3 is 1.76 bits per heavy atom. The van der Waals surface area contributed by atoms with Gasteiger partial charge in [-0.3, -0.25) is 19.7 Å².